The van der Waals surface area contributed by atoms with Gasteiger partial charge in [0.1, 0.15) is 29.4 Å². The van der Waals surface area contributed by atoms with E-state index >= 15 is 0 Å². The molecule has 1 unspecified atom stereocenters. The molecule has 1 aliphatic heterocycles. The Bertz CT molecular complexity index is 913. The third-order valence-corrected chi connectivity index (χ3v) is 4.36. The molecule has 0 spiro atoms. The van der Waals surface area contributed by atoms with Gasteiger partial charge in [-0.3, -0.25) is 9.79 Å². The maximum Gasteiger partial charge on any atom is 0.422 e. The third-order valence-electron chi connectivity index (χ3n) is 4.36. The first-order chi connectivity index (χ1) is 13.6. The van der Waals surface area contributed by atoms with Gasteiger partial charge in [-0.1, -0.05) is 24.3 Å². The van der Waals surface area contributed by atoms with Crippen molar-refractivity contribution >= 4 is 11.6 Å². The second-order valence-electron chi connectivity index (χ2n) is 6.95. The molecular weight excluding hydrogens is 387 g/mol. The summed E-state index contributed by atoms with van der Waals surface area (Å²) in [5.74, 6) is 0.0939. The van der Waals surface area contributed by atoms with Crippen molar-refractivity contribution in [1.82, 2.24) is 4.98 Å². The molecule has 1 aromatic carbocycles. The molecule has 0 saturated carbocycles. The van der Waals surface area contributed by atoms with E-state index in [0.29, 0.717) is 19.0 Å². The maximum atomic E-state index is 12.5. The molecular formula is C20H20F3N3O3. The number of nitrogens with two attached hydrogens (primary N) is 1. The number of rotatable bonds is 6. The minimum atomic E-state index is -4.44. The van der Waals surface area contributed by atoms with Gasteiger partial charge in [-0.15, -0.1) is 0 Å². The highest BCUT2D eigenvalue weighted by Crippen LogP contribution is 2.29. The van der Waals surface area contributed by atoms with Gasteiger partial charge in [-0.25, -0.2) is 4.98 Å². The van der Waals surface area contributed by atoms with Crippen LogP contribution in [0.1, 0.15) is 28.5 Å². The summed E-state index contributed by atoms with van der Waals surface area (Å²) in [4.78, 5) is 20.9. The predicted molar refractivity (Wildman–Crippen MR) is 100 cm³/mol. The summed E-state index contributed by atoms with van der Waals surface area (Å²) < 4.78 is 46.6. The Morgan fingerprint density at radius 3 is 2.76 bits per heavy atom. The SMILES string of the molecule is CC1(c2cccc(CC(=O)c3ccc(OCC(F)(F)F)cn3)c2)COCC(N)=N1. The van der Waals surface area contributed by atoms with Gasteiger partial charge in [-0.2, -0.15) is 13.2 Å². The molecule has 3 rings (SSSR count). The molecule has 1 atom stereocenters. The Balaban J connectivity index is 1.69. The van der Waals surface area contributed by atoms with Crippen molar-refractivity contribution < 1.29 is 27.4 Å². The average Bonchev–Trinajstić information content (AvgIpc) is 2.66. The number of ketones is 1. The lowest BCUT2D eigenvalue weighted by atomic mass is 9.90. The number of Topliss-reactive ketones (excluding diaryl/α,β-unsaturated/α-hetero) is 1. The average molecular weight is 407 g/mol. The summed E-state index contributed by atoms with van der Waals surface area (Å²) in [5.41, 5.74) is 6.93. The third kappa shape index (κ3) is 5.54. The van der Waals surface area contributed by atoms with Crippen LogP contribution in [-0.4, -0.2) is 42.6 Å². The molecule has 29 heavy (non-hydrogen) atoms. The maximum absolute atomic E-state index is 12.5. The molecule has 0 aliphatic carbocycles. The van der Waals surface area contributed by atoms with E-state index in [2.05, 4.69) is 14.7 Å². The Hall–Kier alpha value is -2.94. The van der Waals surface area contributed by atoms with Gasteiger partial charge in [0.15, 0.2) is 12.4 Å². The zero-order valence-corrected chi connectivity index (χ0v) is 15.7. The summed E-state index contributed by atoms with van der Waals surface area (Å²) in [6.07, 6.45) is -3.25. The molecule has 2 N–H and O–H groups in total. The lowest BCUT2D eigenvalue weighted by Gasteiger charge is -2.30. The summed E-state index contributed by atoms with van der Waals surface area (Å²) in [5, 5.41) is 0. The van der Waals surface area contributed by atoms with E-state index in [9.17, 15) is 18.0 Å². The van der Waals surface area contributed by atoms with Gasteiger partial charge in [0.05, 0.1) is 12.8 Å². The van der Waals surface area contributed by atoms with Gasteiger partial charge >= 0.3 is 6.18 Å². The fourth-order valence-corrected chi connectivity index (χ4v) is 2.97. The molecule has 1 aromatic heterocycles. The topological polar surface area (TPSA) is 86.8 Å². The van der Waals surface area contributed by atoms with Crippen LogP contribution in [0.4, 0.5) is 13.2 Å². The molecule has 6 nitrogen and oxygen atoms in total. The normalized spacial score (nSPS) is 19.5. The Kier molecular flexibility index (Phi) is 5.88. The second-order valence-corrected chi connectivity index (χ2v) is 6.95. The van der Waals surface area contributed by atoms with Crippen LogP contribution in [-0.2, 0) is 16.7 Å². The van der Waals surface area contributed by atoms with Crippen LogP contribution in [0.3, 0.4) is 0 Å². The van der Waals surface area contributed by atoms with Crippen molar-refractivity contribution in [3.63, 3.8) is 0 Å². The van der Waals surface area contributed by atoms with Crippen molar-refractivity contribution in [2.75, 3.05) is 19.8 Å². The minimum absolute atomic E-state index is 0.0541. The monoisotopic (exact) mass is 407 g/mol. The van der Waals surface area contributed by atoms with E-state index in [4.69, 9.17) is 10.5 Å². The highest BCUT2D eigenvalue weighted by molar-refractivity contribution is 5.95. The largest absolute Gasteiger partial charge is 0.483 e. The number of pyridine rings is 1. The standard InChI is InChI=1S/C20H20F3N3O3/c1-19(11-28-10-18(24)26-19)14-4-2-3-13(7-14)8-17(27)16-6-5-15(9-25-16)29-12-20(21,22)23/h2-7,9H,8,10-12H2,1H3,(H2,24,26). The molecule has 2 aromatic rings. The van der Waals surface area contributed by atoms with E-state index in [0.717, 1.165) is 17.3 Å². The first kappa shape index (κ1) is 20.8. The fraction of sp³-hybridized carbons (Fsp3) is 0.350. The minimum Gasteiger partial charge on any atom is -0.483 e. The smallest absolute Gasteiger partial charge is 0.422 e. The molecule has 154 valence electrons. The van der Waals surface area contributed by atoms with Crippen molar-refractivity contribution in [2.45, 2.75) is 25.1 Å². The molecule has 0 fully saturated rings. The number of amidine groups is 1. The summed E-state index contributed by atoms with van der Waals surface area (Å²) in [6, 6.07) is 10.0. The lowest BCUT2D eigenvalue weighted by Crippen LogP contribution is -2.37. The fourth-order valence-electron chi connectivity index (χ4n) is 2.97. The number of nitrogens with zero attached hydrogens (tertiary/aromatic N) is 2. The van der Waals surface area contributed by atoms with Crippen LogP contribution in [0.15, 0.2) is 47.6 Å². The second kappa shape index (κ2) is 8.20. The van der Waals surface area contributed by atoms with Crippen LogP contribution in [0, 0.1) is 0 Å². The van der Waals surface area contributed by atoms with Gasteiger partial charge < -0.3 is 15.2 Å². The first-order valence-corrected chi connectivity index (χ1v) is 8.85. The van der Waals surface area contributed by atoms with Crippen molar-refractivity contribution in [1.29, 1.82) is 0 Å². The number of hydrogen-bond donors (Lipinski definition) is 1. The van der Waals surface area contributed by atoms with Gasteiger partial charge in [-0.05, 0) is 30.2 Å². The summed E-state index contributed by atoms with van der Waals surface area (Å²) in [6.45, 7) is 1.17. The van der Waals surface area contributed by atoms with Crippen molar-refractivity contribution in [3.05, 3.63) is 59.4 Å². The number of ether oxygens (including phenoxy) is 2. The molecule has 0 amide bonds. The molecule has 0 radical (unpaired) electrons. The van der Waals surface area contributed by atoms with E-state index in [1.807, 2.05) is 31.2 Å². The van der Waals surface area contributed by atoms with Crippen molar-refractivity contribution in [2.24, 2.45) is 10.7 Å². The Morgan fingerprint density at radius 1 is 1.31 bits per heavy atom. The van der Waals surface area contributed by atoms with Crippen molar-refractivity contribution in [3.8, 4) is 5.75 Å². The zero-order valence-electron chi connectivity index (χ0n) is 15.7. The molecule has 0 bridgehead atoms. The highest BCUT2D eigenvalue weighted by atomic mass is 19.4. The predicted octanol–water partition coefficient (Wildman–Crippen LogP) is 3.05. The Morgan fingerprint density at radius 2 is 2.10 bits per heavy atom. The number of hydrogen-bond acceptors (Lipinski definition) is 6. The van der Waals surface area contributed by atoms with Crippen LogP contribution >= 0.6 is 0 Å². The van der Waals surface area contributed by atoms with Gasteiger partial charge in [0.2, 0.25) is 0 Å². The zero-order chi connectivity index (χ0) is 21.1. The number of carbonyl (C=O) groups is 1. The number of aromatic nitrogens is 1. The lowest BCUT2D eigenvalue weighted by molar-refractivity contribution is -0.153. The number of halogens is 3. The number of alkyl halides is 3. The molecule has 2 heterocycles. The van der Waals surface area contributed by atoms with E-state index in [1.54, 1.807) is 0 Å². The first-order valence-electron chi connectivity index (χ1n) is 8.85. The molecule has 1 aliphatic rings. The summed E-state index contributed by atoms with van der Waals surface area (Å²) in [7, 11) is 0. The summed E-state index contributed by atoms with van der Waals surface area (Å²) >= 11 is 0. The Labute approximate surface area is 165 Å². The van der Waals surface area contributed by atoms with Gasteiger partial charge in [0.25, 0.3) is 0 Å². The molecule has 0 saturated heterocycles. The highest BCUT2D eigenvalue weighted by Gasteiger charge is 2.30. The number of benzene rings is 1. The number of carbonyl (C=O) groups excluding carboxylic acids is 1. The van der Waals surface area contributed by atoms with E-state index < -0.39 is 18.3 Å². The van der Waals surface area contributed by atoms with E-state index in [-0.39, 0.29) is 23.6 Å². The molecule has 9 heteroatoms. The van der Waals surface area contributed by atoms with Gasteiger partial charge in [0, 0.05) is 6.42 Å². The van der Waals surface area contributed by atoms with Crippen LogP contribution in [0.5, 0.6) is 5.75 Å². The number of aliphatic imine (C=N–C) groups is 1. The van der Waals surface area contributed by atoms with Crippen LogP contribution in [0.25, 0.3) is 0 Å². The van der Waals surface area contributed by atoms with Crippen LogP contribution < -0.4 is 10.5 Å². The van der Waals surface area contributed by atoms with E-state index in [1.165, 1.54) is 12.1 Å². The van der Waals surface area contributed by atoms with Crippen LogP contribution in [0.2, 0.25) is 0 Å². The quantitative estimate of drug-likeness (QED) is 0.744.